The van der Waals surface area contributed by atoms with E-state index in [-0.39, 0.29) is 12.2 Å². The molecule has 0 radical (unpaired) electrons. The molecule has 5 heteroatoms. The minimum atomic E-state index is -1.32. The third kappa shape index (κ3) is 2.89. The molecule has 0 aliphatic rings. The molecule has 0 amide bonds. The van der Waals surface area contributed by atoms with Gasteiger partial charge in [0, 0.05) is 5.56 Å². The second-order valence-corrected chi connectivity index (χ2v) is 3.22. The van der Waals surface area contributed by atoms with Gasteiger partial charge in [0.2, 0.25) is 0 Å². The van der Waals surface area contributed by atoms with Gasteiger partial charge in [0.15, 0.2) is 5.38 Å². The number of ether oxygens (including phenoxy) is 1. The summed E-state index contributed by atoms with van der Waals surface area (Å²) in [6.45, 7) is 1.74. The summed E-state index contributed by atoms with van der Waals surface area (Å²) in [4.78, 5) is 11.2. The highest BCUT2D eigenvalue weighted by Crippen LogP contribution is 2.25. The third-order valence-corrected chi connectivity index (χ3v) is 2.14. The number of esters is 1. The zero-order chi connectivity index (χ0) is 11.4. The molecule has 1 aromatic carbocycles. The monoisotopic (exact) mass is 234 g/mol. The van der Waals surface area contributed by atoms with Crippen LogP contribution in [0.5, 0.6) is 0 Å². The smallest absolute Gasteiger partial charge is 0.328 e. The lowest BCUT2D eigenvalue weighted by molar-refractivity contribution is -0.142. The molecule has 82 valence electrons. The van der Waals surface area contributed by atoms with Gasteiger partial charge in [0.25, 0.3) is 0 Å². The van der Waals surface area contributed by atoms with E-state index in [0.29, 0.717) is 0 Å². The lowest BCUT2D eigenvalue weighted by Crippen LogP contribution is -2.12. The van der Waals surface area contributed by atoms with E-state index in [0.717, 1.165) is 18.2 Å². The van der Waals surface area contributed by atoms with E-state index in [1.807, 2.05) is 0 Å². The predicted octanol–water partition coefficient (Wildman–Crippen LogP) is 2.81. The van der Waals surface area contributed by atoms with Crippen LogP contribution in [0.25, 0.3) is 0 Å². The molecule has 0 fully saturated rings. The molecular weight excluding hydrogens is 226 g/mol. The standard InChI is InChI=1S/C10H9ClF2O2/c1-2-15-10(14)9(11)7-5-6(12)3-4-8(7)13/h3-5,9H,2H2,1H3. The molecule has 15 heavy (non-hydrogen) atoms. The fourth-order valence-electron chi connectivity index (χ4n) is 1.05. The van der Waals surface area contributed by atoms with Crippen LogP contribution in [0.3, 0.4) is 0 Å². The Morgan fingerprint density at radius 1 is 1.53 bits per heavy atom. The summed E-state index contributed by atoms with van der Waals surface area (Å²) >= 11 is 5.63. The van der Waals surface area contributed by atoms with Gasteiger partial charge in [-0.3, -0.25) is 4.79 Å². The molecule has 1 aromatic rings. The summed E-state index contributed by atoms with van der Waals surface area (Å²) in [6, 6.07) is 2.75. The maximum absolute atomic E-state index is 13.2. The summed E-state index contributed by atoms with van der Waals surface area (Å²) in [5, 5.41) is -1.32. The average molecular weight is 235 g/mol. The molecular formula is C10H9ClF2O2. The molecule has 0 aliphatic carbocycles. The molecule has 1 rings (SSSR count). The van der Waals surface area contributed by atoms with Crippen LogP contribution in [0.4, 0.5) is 8.78 Å². The fourth-order valence-corrected chi connectivity index (χ4v) is 1.28. The summed E-state index contributed by atoms with van der Waals surface area (Å²) < 4.78 is 30.5. The van der Waals surface area contributed by atoms with Crippen molar-refractivity contribution in [1.82, 2.24) is 0 Å². The molecule has 0 spiro atoms. The summed E-state index contributed by atoms with van der Waals surface area (Å²) in [5.41, 5.74) is -0.213. The summed E-state index contributed by atoms with van der Waals surface area (Å²) in [5.74, 6) is -2.17. The first-order valence-electron chi connectivity index (χ1n) is 4.32. The van der Waals surface area contributed by atoms with Crippen LogP contribution < -0.4 is 0 Å². The Morgan fingerprint density at radius 3 is 2.80 bits per heavy atom. The third-order valence-electron chi connectivity index (χ3n) is 1.72. The highest BCUT2D eigenvalue weighted by Gasteiger charge is 2.22. The first kappa shape index (κ1) is 11.9. The van der Waals surface area contributed by atoms with Crippen LogP contribution in [0.2, 0.25) is 0 Å². The first-order chi connectivity index (χ1) is 7.06. The molecule has 1 unspecified atom stereocenters. The van der Waals surface area contributed by atoms with Crippen molar-refractivity contribution in [1.29, 1.82) is 0 Å². The zero-order valence-electron chi connectivity index (χ0n) is 7.97. The molecule has 0 aromatic heterocycles. The van der Waals surface area contributed by atoms with E-state index in [1.165, 1.54) is 0 Å². The number of carbonyl (C=O) groups excluding carboxylic acids is 1. The Hall–Kier alpha value is -1.16. The number of rotatable bonds is 3. The minimum Gasteiger partial charge on any atom is -0.465 e. The molecule has 0 N–H and O–H groups in total. The Kier molecular flexibility index (Phi) is 4.03. The van der Waals surface area contributed by atoms with Crippen molar-refractivity contribution in [3.8, 4) is 0 Å². The van der Waals surface area contributed by atoms with Crippen LogP contribution >= 0.6 is 11.6 Å². The van der Waals surface area contributed by atoms with Gasteiger partial charge in [0.1, 0.15) is 11.6 Å². The Bertz CT molecular complexity index is 368. The van der Waals surface area contributed by atoms with Gasteiger partial charge in [-0.2, -0.15) is 0 Å². The van der Waals surface area contributed by atoms with Gasteiger partial charge in [-0.15, -0.1) is 11.6 Å². The molecule has 1 atom stereocenters. The highest BCUT2D eigenvalue weighted by atomic mass is 35.5. The normalized spacial score (nSPS) is 12.3. The van der Waals surface area contributed by atoms with E-state index in [2.05, 4.69) is 4.74 Å². The van der Waals surface area contributed by atoms with Crippen molar-refractivity contribution in [2.75, 3.05) is 6.61 Å². The topological polar surface area (TPSA) is 26.3 Å². The van der Waals surface area contributed by atoms with Crippen molar-refractivity contribution in [2.24, 2.45) is 0 Å². The second kappa shape index (κ2) is 5.07. The van der Waals surface area contributed by atoms with Crippen LogP contribution in [-0.4, -0.2) is 12.6 Å². The van der Waals surface area contributed by atoms with Crippen molar-refractivity contribution in [2.45, 2.75) is 12.3 Å². The summed E-state index contributed by atoms with van der Waals surface area (Å²) in [6.07, 6.45) is 0. The number of carbonyl (C=O) groups is 1. The van der Waals surface area contributed by atoms with Gasteiger partial charge >= 0.3 is 5.97 Å². The molecule has 0 bridgehead atoms. The van der Waals surface area contributed by atoms with E-state index >= 15 is 0 Å². The van der Waals surface area contributed by atoms with Gasteiger partial charge in [-0.1, -0.05) is 0 Å². The lowest BCUT2D eigenvalue weighted by atomic mass is 10.1. The Morgan fingerprint density at radius 2 is 2.20 bits per heavy atom. The average Bonchev–Trinajstić information content (AvgIpc) is 2.21. The second-order valence-electron chi connectivity index (χ2n) is 2.78. The molecule has 0 aliphatic heterocycles. The highest BCUT2D eigenvalue weighted by molar-refractivity contribution is 6.29. The van der Waals surface area contributed by atoms with E-state index < -0.39 is 23.0 Å². The predicted molar refractivity (Wildman–Crippen MR) is 51.6 cm³/mol. The summed E-state index contributed by atoms with van der Waals surface area (Å²) in [7, 11) is 0. The molecule has 2 nitrogen and oxygen atoms in total. The lowest BCUT2D eigenvalue weighted by Gasteiger charge is -2.09. The Labute approximate surface area is 90.8 Å². The number of benzene rings is 1. The molecule has 0 saturated carbocycles. The van der Waals surface area contributed by atoms with Crippen molar-refractivity contribution in [3.05, 3.63) is 35.4 Å². The Balaban J connectivity index is 2.94. The largest absolute Gasteiger partial charge is 0.465 e. The van der Waals surface area contributed by atoms with Gasteiger partial charge in [-0.05, 0) is 25.1 Å². The van der Waals surface area contributed by atoms with E-state index in [4.69, 9.17) is 11.6 Å². The quantitative estimate of drug-likeness (QED) is 0.594. The zero-order valence-corrected chi connectivity index (χ0v) is 8.72. The van der Waals surface area contributed by atoms with Gasteiger partial charge < -0.3 is 4.74 Å². The number of hydrogen-bond donors (Lipinski definition) is 0. The van der Waals surface area contributed by atoms with Crippen molar-refractivity contribution >= 4 is 17.6 Å². The van der Waals surface area contributed by atoms with Crippen molar-refractivity contribution in [3.63, 3.8) is 0 Å². The molecule has 0 heterocycles. The van der Waals surface area contributed by atoms with Crippen LogP contribution in [0.15, 0.2) is 18.2 Å². The van der Waals surface area contributed by atoms with E-state index in [1.54, 1.807) is 6.92 Å². The SMILES string of the molecule is CCOC(=O)C(Cl)c1cc(F)ccc1F. The van der Waals surface area contributed by atoms with Crippen LogP contribution in [0, 0.1) is 11.6 Å². The van der Waals surface area contributed by atoms with Gasteiger partial charge in [-0.25, -0.2) is 8.78 Å². The fraction of sp³-hybridized carbons (Fsp3) is 0.300. The van der Waals surface area contributed by atoms with Crippen LogP contribution in [0.1, 0.15) is 17.9 Å². The maximum atomic E-state index is 13.2. The number of alkyl halides is 1. The van der Waals surface area contributed by atoms with E-state index in [9.17, 15) is 13.6 Å². The minimum absolute atomic E-state index is 0.138. The van der Waals surface area contributed by atoms with Crippen LogP contribution in [-0.2, 0) is 9.53 Å². The maximum Gasteiger partial charge on any atom is 0.328 e. The number of hydrogen-bond acceptors (Lipinski definition) is 2. The van der Waals surface area contributed by atoms with Gasteiger partial charge in [0.05, 0.1) is 6.61 Å². The first-order valence-corrected chi connectivity index (χ1v) is 4.75. The molecule has 0 saturated heterocycles. The van der Waals surface area contributed by atoms with Crippen molar-refractivity contribution < 1.29 is 18.3 Å². The number of halogens is 3.